The topological polar surface area (TPSA) is 57.6 Å². The first-order valence-corrected chi connectivity index (χ1v) is 7.49. The van der Waals surface area contributed by atoms with Gasteiger partial charge < -0.3 is 5.11 Å². The molecule has 0 fully saturated rings. The van der Waals surface area contributed by atoms with Crippen LogP contribution in [-0.2, 0) is 10.0 Å². The molecule has 0 spiro atoms. The van der Waals surface area contributed by atoms with Crippen molar-refractivity contribution in [2.24, 2.45) is 0 Å². The van der Waals surface area contributed by atoms with Crippen molar-refractivity contribution in [2.75, 3.05) is 13.6 Å². The van der Waals surface area contributed by atoms with Gasteiger partial charge in [0.2, 0.25) is 10.0 Å². The minimum Gasteiger partial charge on any atom is -0.392 e. The highest BCUT2D eigenvalue weighted by Gasteiger charge is 2.24. The Labute approximate surface area is 115 Å². The molecule has 7 heteroatoms. The van der Waals surface area contributed by atoms with Crippen LogP contribution in [-0.4, -0.2) is 37.5 Å². The molecule has 0 amide bonds. The average molecular weight is 340 g/mol. The van der Waals surface area contributed by atoms with Gasteiger partial charge in [-0.1, -0.05) is 0 Å². The van der Waals surface area contributed by atoms with Crippen molar-refractivity contribution in [2.45, 2.75) is 24.8 Å². The summed E-state index contributed by atoms with van der Waals surface area (Å²) < 4.78 is 38.9. The first kappa shape index (κ1) is 15.6. The molecule has 1 unspecified atom stereocenters. The number of likely N-dealkylation sites (N-methyl/N-ethyl adjacent to an activating group) is 1. The zero-order valence-corrected chi connectivity index (χ0v) is 12.7. The molecule has 0 aromatic heterocycles. The van der Waals surface area contributed by atoms with E-state index in [1.54, 1.807) is 0 Å². The van der Waals surface area contributed by atoms with Crippen LogP contribution in [0.25, 0.3) is 0 Å². The minimum absolute atomic E-state index is 0.0171. The van der Waals surface area contributed by atoms with Crippen molar-refractivity contribution in [3.8, 4) is 0 Å². The molecule has 1 N–H and O–H groups in total. The van der Waals surface area contributed by atoms with Crippen molar-refractivity contribution in [1.82, 2.24) is 4.31 Å². The van der Waals surface area contributed by atoms with Gasteiger partial charge in [0.15, 0.2) is 0 Å². The Kier molecular flexibility index (Phi) is 4.88. The summed E-state index contributed by atoms with van der Waals surface area (Å²) in [5.41, 5.74) is 0.327. The number of nitrogens with zero attached hydrogens (tertiary/aromatic N) is 1. The highest BCUT2D eigenvalue weighted by Crippen LogP contribution is 2.25. The fourth-order valence-corrected chi connectivity index (χ4v) is 3.52. The highest BCUT2D eigenvalue weighted by atomic mass is 79.9. The van der Waals surface area contributed by atoms with E-state index >= 15 is 0 Å². The number of hydrogen-bond acceptors (Lipinski definition) is 3. The number of aryl methyl sites for hydroxylation is 1. The van der Waals surface area contributed by atoms with Crippen LogP contribution in [0.15, 0.2) is 21.5 Å². The molecule has 4 nitrogen and oxygen atoms in total. The summed E-state index contributed by atoms with van der Waals surface area (Å²) in [5, 5.41) is 9.23. The van der Waals surface area contributed by atoms with E-state index in [2.05, 4.69) is 15.9 Å². The summed E-state index contributed by atoms with van der Waals surface area (Å²) in [4.78, 5) is 0.0268. The SMILES string of the molecule is Cc1cc(F)c(Br)cc1S(=O)(=O)N(C)CC(C)O. The summed E-state index contributed by atoms with van der Waals surface area (Å²) in [7, 11) is -2.35. The molecule has 18 heavy (non-hydrogen) atoms. The van der Waals surface area contributed by atoms with E-state index in [9.17, 15) is 17.9 Å². The molecule has 0 aliphatic rings. The van der Waals surface area contributed by atoms with Crippen LogP contribution in [0.1, 0.15) is 12.5 Å². The lowest BCUT2D eigenvalue weighted by atomic mass is 10.2. The van der Waals surface area contributed by atoms with Gasteiger partial charge in [-0.05, 0) is 47.5 Å². The van der Waals surface area contributed by atoms with Gasteiger partial charge in [-0.15, -0.1) is 0 Å². The number of rotatable bonds is 4. The number of halogens is 2. The van der Waals surface area contributed by atoms with Gasteiger partial charge in [-0.2, -0.15) is 4.31 Å². The minimum atomic E-state index is -3.73. The molecule has 1 aromatic carbocycles. The fourth-order valence-electron chi connectivity index (χ4n) is 1.54. The average Bonchev–Trinajstić information content (AvgIpc) is 2.22. The first-order valence-electron chi connectivity index (χ1n) is 5.26. The lowest BCUT2D eigenvalue weighted by Gasteiger charge is -2.20. The van der Waals surface area contributed by atoms with E-state index in [1.807, 2.05) is 0 Å². The van der Waals surface area contributed by atoms with Crippen molar-refractivity contribution in [1.29, 1.82) is 0 Å². The van der Waals surface area contributed by atoms with Gasteiger partial charge >= 0.3 is 0 Å². The molecule has 0 aliphatic carbocycles. The maximum atomic E-state index is 13.3. The molecule has 102 valence electrons. The molecule has 0 heterocycles. The Morgan fingerprint density at radius 2 is 2.06 bits per heavy atom. The molecule has 0 bridgehead atoms. The van der Waals surface area contributed by atoms with Crippen LogP contribution < -0.4 is 0 Å². The molecule has 1 atom stereocenters. The van der Waals surface area contributed by atoms with Gasteiger partial charge in [0.25, 0.3) is 0 Å². The Bertz CT molecular complexity index is 545. The van der Waals surface area contributed by atoms with Crippen molar-refractivity contribution >= 4 is 26.0 Å². The lowest BCUT2D eigenvalue weighted by Crippen LogP contribution is -2.33. The normalized spacial score (nSPS) is 13.9. The second-order valence-electron chi connectivity index (χ2n) is 4.17. The monoisotopic (exact) mass is 339 g/mol. The summed E-state index contributed by atoms with van der Waals surface area (Å²) >= 11 is 2.97. The van der Waals surface area contributed by atoms with Crippen LogP contribution in [0.3, 0.4) is 0 Å². The summed E-state index contributed by atoms with van der Waals surface area (Å²) in [6, 6.07) is 2.39. The maximum Gasteiger partial charge on any atom is 0.243 e. The highest BCUT2D eigenvalue weighted by molar-refractivity contribution is 9.10. The zero-order valence-electron chi connectivity index (χ0n) is 10.3. The van der Waals surface area contributed by atoms with Crippen LogP contribution in [0.4, 0.5) is 4.39 Å². The summed E-state index contributed by atoms with van der Waals surface area (Å²) in [5.74, 6) is -0.510. The summed E-state index contributed by atoms with van der Waals surface area (Å²) in [6.45, 7) is 3.01. The van der Waals surface area contributed by atoms with Crippen LogP contribution in [0.2, 0.25) is 0 Å². The van der Waals surface area contributed by atoms with Crippen LogP contribution in [0.5, 0.6) is 0 Å². The van der Waals surface area contributed by atoms with E-state index in [-0.39, 0.29) is 15.9 Å². The van der Waals surface area contributed by atoms with Gasteiger partial charge in [-0.25, -0.2) is 12.8 Å². The standard InChI is InChI=1S/C11H15BrFNO3S/c1-7-4-10(13)9(12)5-11(7)18(16,17)14(3)6-8(2)15/h4-5,8,15H,6H2,1-3H3. The Morgan fingerprint density at radius 1 is 1.50 bits per heavy atom. The van der Waals surface area contributed by atoms with Gasteiger partial charge in [0.1, 0.15) is 5.82 Å². The van der Waals surface area contributed by atoms with Crippen molar-refractivity contribution in [3.05, 3.63) is 28.0 Å². The molecule has 0 aliphatic heterocycles. The largest absolute Gasteiger partial charge is 0.392 e. The molecule has 0 radical (unpaired) electrons. The number of aliphatic hydroxyl groups excluding tert-OH is 1. The Morgan fingerprint density at radius 3 is 2.56 bits per heavy atom. The first-order chi connectivity index (χ1) is 8.16. The maximum absolute atomic E-state index is 13.3. The van der Waals surface area contributed by atoms with Crippen LogP contribution >= 0.6 is 15.9 Å². The quantitative estimate of drug-likeness (QED) is 0.911. The molecule has 0 saturated carbocycles. The summed E-state index contributed by atoms with van der Waals surface area (Å²) in [6.07, 6.45) is -0.769. The smallest absolute Gasteiger partial charge is 0.243 e. The third kappa shape index (κ3) is 3.28. The molecule has 1 rings (SSSR count). The van der Waals surface area contributed by atoms with Gasteiger partial charge in [0, 0.05) is 13.6 Å². The van der Waals surface area contributed by atoms with Crippen molar-refractivity contribution in [3.63, 3.8) is 0 Å². The van der Waals surface area contributed by atoms with Crippen molar-refractivity contribution < 1.29 is 17.9 Å². The van der Waals surface area contributed by atoms with E-state index in [1.165, 1.54) is 27.0 Å². The zero-order chi connectivity index (χ0) is 14.1. The molecular formula is C11H15BrFNO3S. The molecular weight excluding hydrogens is 325 g/mol. The van der Waals surface area contributed by atoms with Gasteiger partial charge in [-0.3, -0.25) is 0 Å². The fraction of sp³-hybridized carbons (Fsp3) is 0.455. The predicted octanol–water partition coefficient (Wildman–Crippen LogP) is 1.90. The number of aliphatic hydroxyl groups is 1. The van der Waals surface area contributed by atoms with Crippen LogP contribution in [0, 0.1) is 12.7 Å². The second kappa shape index (κ2) is 5.64. The van der Waals surface area contributed by atoms with E-state index < -0.39 is 21.9 Å². The Balaban J connectivity index is 3.24. The third-order valence-electron chi connectivity index (χ3n) is 2.43. The predicted molar refractivity (Wildman–Crippen MR) is 70.3 cm³/mol. The van der Waals surface area contributed by atoms with E-state index in [4.69, 9.17) is 0 Å². The Hall–Kier alpha value is -0.500. The lowest BCUT2D eigenvalue weighted by molar-refractivity contribution is 0.171. The number of hydrogen-bond donors (Lipinski definition) is 1. The third-order valence-corrected chi connectivity index (χ3v) is 5.00. The molecule has 1 aromatic rings. The molecule has 0 saturated heterocycles. The van der Waals surface area contributed by atoms with Gasteiger partial charge in [0.05, 0.1) is 15.5 Å². The number of sulfonamides is 1. The second-order valence-corrected chi connectivity index (χ2v) is 7.03. The van der Waals surface area contributed by atoms with E-state index in [0.29, 0.717) is 5.56 Å². The van der Waals surface area contributed by atoms with E-state index in [0.717, 1.165) is 10.4 Å². The number of benzene rings is 1.